The standard InChI is InChI=1S/C21H33N5O13/c1-7(29)22-11-14(32)13(31)9(5-27)36-17(11)38-16-10(6-28)37-18(12(15(16)33)23-8(2)30)39-21-25-19(34-3)24-20(26-21)35-4/h9-18,27-28,31-33H,5-6H2,1-4H3,(H,22,29)(H,23,30)/t9-,10-,11-,12-,13-,14-,15-,16-,17+,18-/m1/s1. The van der Waals surface area contributed by atoms with Crippen LogP contribution in [0, 0.1) is 0 Å². The maximum absolute atomic E-state index is 12.0. The van der Waals surface area contributed by atoms with Gasteiger partial charge in [-0.3, -0.25) is 9.59 Å². The van der Waals surface area contributed by atoms with Crippen molar-refractivity contribution < 1.29 is 63.5 Å². The molecular weight excluding hydrogens is 530 g/mol. The number of hydrogen-bond donors (Lipinski definition) is 7. The van der Waals surface area contributed by atoms with Crippen LogP contribution >= 0.6 is 0 Å². The van der Waals surface area contributed by atoms with Crippen molar-refractivity contribution in [1.29, 1.82) is 0 Å². The minimum Gasteiger partial charge on any atom is -0.467 e. The molecule has 18 nitrogen and oxygen atoms in total. The van der Waals surface area contributed by atoms with Crippen molar-refractivity contribution in [3.05, 3.63) is 0 Å². The van der Waals surface area contributed by atoms with Crippen LogP contribution in [-0.2, 0) is 23.8 Å². The molecule has 2 saturated heterocycles. The Morgan fingerprint density at radius 1 is 0.769 bits per heavy atom. The van der Waals surface area contributed by atoms with Crippen LogP contribution in [0.2, 0.25) is 0 Å². The van der Waals surface area contributed by atoms with E-state index >= 15 is 0 Å². The Balaban J connectivity index is 1.89. The van der Waals surface area contributed by atoms with Crippen molar-refractivity contribution in [2.45, 2.75) is 75.1 Å². The Labute approximate surface area is 222 Å². The molecule has 2 aliphatic rings. The van der Waals surface area contributed by atoms with Crippen molar-refractivity contribution in [3.63, 3.8) is 0 Å². The lowest BCUT2D eigenvalue weighted by Crippen LogP contribution is -2.69. The third kappa shape index (κ3) is 7.17. The second-order valence-electron chi connectivity index (χ2n) is 8.69. The average molecular weight is 564 g/mol. The van der Waals surface area contributed by atoms with Gasteiger partial charge in [-0.05, 0) is 0 Å². The van der Waals surface area contributed by atoms with Crippen LogP contribution in [0.25, 0.3) is 0 Å². The van der Waals surface area contributed by atoms with E-state index in [4.69, 9.17) is 28.4 Å². The predicted molar refractivity (Wildman–Crippen MR) is 123 cm³/mol. The number of amides is 2. The van der Waals surface area contributed by atoms with Gasteiger partial charge in [0.05, 0.1) is 27.4 Å². The Bertz CT molecular complexity index is 967. The molecule has 2 aliphatic heterocycles. The maximum Gasteiger partial charge on any atom is 0.328 e. The lowest BCUT2D eigenvalue weighted by atomic mass is 9.94. The van der Waals surface area contributed by atoms with Crippen LogP contribution in [0.3, 0.4) is 0 Å². The van der Waals surface area contributed by atoms with E-state index in [1.807, 2.05) is 0 Å². The minimum absolute atomic E-state index is 0.165. The highest BCUT2D eigenvalue weighted by Crippen LogP contribution is 2.30. The number of carbonyl (C=O) groups excluding carboxylic acids is 2. The molecule has 0 radical (unpaired) electrons. The van der Waals surface area contributed by atoms with Gasteiger partial charge in [0, 0.05) is 13.8 Å². The van der Waals surface area contributed by atoms with Crippen molar-refractivity contribution in [2.24, 2.45) is 0 Å². The Morgan fingerprint density at radius 2 is 1.26 bits per heavy atom. The third-order valence-electron chi connectivity index (χ3n) is 5.93. The molecule has 0 bridgehead atoms. The number of aromatic nitrogens is 3. The fourth-order valence-electron chi connectivity index (χ4n) is 4.13. The van der Waals surface area contributed by atoms with Crippen LogP contribution in [0.1, 0.15) is 13.8 Å². The lowest BCUT2D eigenvalue weighted by Gasteiger charge is -2.47. The van der Waals surface area contributed by atoms with Gasteiger partial charge in [0.2, 0.25) is 18.1 Å². The number of nitrogens with one attached hydrogen (secondary N) is 2. The normalized spacial score (nSPS) is 34.6. The van der Waals surface area contributed by atoms with Gasteiger partial charge in [0.15, 0.2) is 6.29 Å². The zero-order chi connectivity index (χ0) is 28.9. The lowest BCUT2D eigenvalue weighted by molar-refractivity contribution is -0.325. The largest absolute Gasteiger partial charge is 0.467 e. The number of hydrogen-bond acceptors (Lipinski definition) is 16. The molecule has 18 heteroatoms. The molecule has 3 rings (SSSR count). The van der Waals surface area contributed by atoms with Gasteiger partial charge in [-0.2, -0.15) is 0 Å². The molecule has 0 unspecified atom stereocenters. The quantitative estimate of drug-likeness (QED) is 0.141. The number of methoxy groups -OCH3 is 2. The molecule has 0 spiro atoms. The SMILES string of the molecule is COc1nc(OC)nc(O[C@H]2O[C@H](CO)[C@@H](O[C@@H]3O[C@H](CO)[C@@H](O)[C@H](O)[C@H]3NC(C)=O)[C@H](O)[C@H]2NC(C)=O)n1. The maximum atomic E-state index is 12.0. The number of carbonyl (C=O) groups is 2. The molecule has 2 amide bonds. The average Bonchev–Trinajstić information content (AvgIpc) is 2.90. The van der Waals surface area contributed by atoms with E-state index in [0.29, 0.717) is 0 Å². The Kier molecular flexibility index (Phi) is 10.5. The monoisotopic (exact) mass is 563 g/mol. The molecule has 0 aliphatic carbocycles. The molecule has 3 heterocycles. The van der Waals surface area contributed by atoms with Gasteiger partial charge < -0.3 is 64.6 Å². The first-order chi connectivity index (χ1) is 18.5. The summed E-state index contributed by atoms with van der Waals surface area (Å²) in [6.07, 6.45) is -11.9. The predicted octanol–water partition coefficient (Wildman–Crippen LogP) is -4.82. The molecule has 0 saturated carbocycles. The molecule has 220 valence electrons. The molecule has 39 heavy (non-hydrogen) atoms. The fourth-order valence-corrected chi connectivity index (χ4v) is 4.13. The highest BCUT2D eigenvalue weighted by atomic mass is 16.7. The fraction of sp³-hybridized carbons (Fsp3) is 0.762. The van der Waals surface area contributed by atoms with Crippen LogP contribution in [0.4, 0.5) is 0 Å². The van der Waals surface area contributed by atoms with Gasteiger partial charge in [0.1, 0.15) is 48.7 Å². The van der Waals surface area contributed by atoms with Crippen molar-refractivity contribution >= 4 is 11.8 Å². The van der Waals surface area contributed by atoms with E-state index in [1.165, 1.54) is 21.1 Å². The van der Waals surface area contributed by atoms with Gasteiger partial charge in [-0.15, -0.1) is 15.0 Å². The summed E-state index contributed by atoms with van der Waals surface area (Å²) in [7, 11) is 2.59. The summed E-state index contributed by atoms with van der Waals surface area (Å²) in [6, 6.07) is -3.36. The summed E-state index contributed by atoms with van der Waals surface area (Å²) in [5.41, 5.74) is 0. The van der Waals surface area contributed by atoms with Gasteiger partial charge in [-0.25, -0.2) is 0 Å². The zero-order valence-corrected chi connectivity index (χ0v) is 21.5. The topological polar surface area (TPSA) is 253 Å². The second-order valence-corrected chi connectivity index (χ2v) is 8.69. The number of aliphatic hydroxyl groups excluding tert-OH is 5. The zero-order valence-electron chi connectivity index (χ0n) is 21.5. The molecule has 7 N–H and O–H groups in total. The van der Waals surface area contributed by atoms with E-state index < -0.39 is 86.3 Å². The van der Waals surface area contributed by atoms with Crippen LogP contribution < -0.4 is 24.8 Å². The van der Waals surface area contributed by atoms with Crippen molar-refractivity contribution in [2.75, 3.05) is 27.4 Å². The number of ether oxygens (including phenoxy) is 6. The first-order valence-corrected chi connectivity index (χ1v) is 11.8. The number of nitrogens with zero attached hydrogens (tertiary/aromatic N) is 3. The van der Waals surface area contributed by atoms with Gasteiger partial charge >= 0.3 is 18.0 Å². The minimum atomic E-state index is -1.64. The molecule has 2 fully saturated rings. The van der Waals surface area contributed by atoms with E-state index in [-0.39, 0.29) is 18.0 Å². The molecule has 1 aromatic rings. The molecular formula is C21H33N5O13. The molecule has 10 atom stereocenters. The second kappa shape index (κ2) is 13.4. The first-order valence-electron chi connectivity index (χ1n) is 11.8. The summed E-state index contributed by atoms with van der Waals surface area (Å²) in [5.74, 6) is -1.19. The summed E-state index contributed by atoms with van der Waals surface area (Å²) in [4.78, 5) is 35.4. The highest BCUT2D eigenvalue weighted by Gasteiger charge is 2.52. The Morgan fingerprint density at radius 3 is 1.74 bits per heavy atom. The van der Waals surface area contributed by atoms with Crippen molar-refractivity contribution in [3.8, 4) is 18.0 Å². The molecule has 0 aromatic carbocycles. The van der Waals surface area contributed by atoms with Crippen LogP contribution in [0.15, 0.2) is 0 Å². The van der Waals surface area contributed by atoms with E-state index in [2.05, 4.69) is 25.6 Å². The summed E-state index contributed by atoms with van der Waals surface area (Å²) >= 11 is 0. The summed E-state index contributed by atoms with van der Waals surface area (Å²) in [6.45, 7) is 0.891. The van der Waals surface area contributed by atoms with E-state index in [9.17, 15) is 35.1 Å². The smallest absolute Gasteiger partial charge is 0.328 e. The van der Waals surface area contributed by atoms with Crippen LogP contribution in [0.5, 0.6) is 18.0 Å². The van der Waals surface area contributed by atoms with Gasteiger partial charge in [-0.1, -0.05) is 0 Å². The van der Waals surface area contributed by atoms with Crippen LogP contribution in [-0.4, -0.2) is 141 Å². The summed E-state index contributed by atoms with van der Waals surface area (Å²) < 4.78 is 32.8. The van der Waals surface area contributed by atoms with Crippen molar-refractivity contribution in [1.82, 2.24) is 25.6 Å². The van der Waals surface area contributed by atoms with E-state index in [0.717, 1.165) is 6.92 Å². The highest BCUT2D eigenvalue weighted by molar-refractivity contribution is 5.73. The summed E-state index contributed by atoms with van der Waals surface area (Å²) in [5, 5.41) is 56.5. The van der Waals surface area contributed by atoms with E-state index in [1.54, 1.807) is 0 Å². The number of aliphatic hydroxyl groups is 5. The number of rotatable bonds is 10. The first kappa shape index (κ1) is 30.6. The Hall–Kier alpha value is -2.97. The molecule has 1 aromatic heterocycles. The van der Waals surface area contributed by atoms with Gasteiger partial charge in [0.25, 0.3) is 0 Å². The third-order valence-corrected chi connectivity index (χ3v) is 5.93.